The summed E-state index contributed by atoms with van der Waals surface area (Å²) in [6.45, 7) is 3.31. The van der Waals surface area contributed by atoms with Gasteiger partial charge in [-0.15, -0.1) is 5.10 Å². The Kier molecular flexibility index (Phi) is 6.33. The van der Waals surface area contributed by atoms with Gasteiger partial charge in [0.05, 0.1) is 23.6 Å². The average Bonchev–Trinajstić information content (AvgIpc) is 3.27. The highest BCUT2D eigenvalue weighted by Crippen LogP contribution is 2.48. The van der Waals surface area contributed by atoms with Gasteiger partial charge in [0, 0.05) is 5.92 Å². The van der Waals surface area contributed by atoms with Crippen LogP contribution in [0.1, 0.15) is 47.9 Å². The van der Waals surface area contributed by atoms with Crippen molar-refractivity contribution in [1.82, 2.24) is 14.9 Å². The van der Waals surface area contributed by atoms with Gasteiger partial charge in [0.1, 0.15) is 16.7 Å². The van der Waals surface area contributed by atoms with Gasteiger partial charge in [0.2, 0.25) is 15.9 Å². The third-order valence-corrected chi connectivity index (χ3v) is 8.31. The van der Waals surface area contributed by atoms with Gasteiger partial charge >= 0.3 is 5.76 Å². The molecule has 0 saturated heterocycles. The van der Waals surface area contributed by atoms with E-state index < -0.39 is 56.3 Å². The fourth-order valence-corrected chi connectivity index (χ4v) is 6.44. The van der Waals surface area contributed by atoms with Gasteiger partial charge in [0.15, 0.2) is 0 Å². The molecule has 2 heterocycles. The van der Waals surface area contributed by atoms with E-state index in [0.717, 1.165) is 34.0 Å². The summed E-state index contributed by atoms with van der Waals surface area (Å²) in [7, 11) is -4.51. The second-order valence-electron chi connectivity index (χ2n) is 8.91. The Balaban J connectivity index is 1.63. The average molecular weight is 550 g/mol. The largest absolute Gasteiger partial charge is 0.491 e. The van der Waals surface area contributed by atoms with Crippen LogP contribution in [0.4, 0.5) is 8.78 Å². The predicted molar refractivity (Wildman–Crippen MR) is 133 cm³/mol. The Morgan fingerprint density at radius 3 is 2.59 bits per heavy atom. The molecular formula is C25H22ClF2N3O5S. The van der Waals surface area contributed by atoms with Gasteiger partial charge in [-0.1, -0.05) is 54.9 Å². The SMILES string of the molecule is Cc1cccc2cccc(C(C)C(NS(=O)(=O)c3ccc(Cl)c4c3OCCC4(F)F)c3n[nH]c(=O)o3)c12. The highest BCUT2D eigenvalue weighted by atomic mass is 35.5. The van der Waals surface area contributed by atoms with E-state index >= 15 is 0 Å². The Bertz CT molecular complexity index is 1660. The third kappa shape index (κ3) is 4.51. The summed E-state index contributed by atoms with van der Waals surface area (Å²) in [5, 5.41) is 7.57. The molecule has 12 heteroatoms. The molecule has 0 spiro atoms. The zero-order valence-electron chi connectivity index (χ0n) is 19.7. The van der Waals surface area contributed by atoms with Crippen LogP contribution in [-0.4, -0.2) is 25.2 Å². The molecule has 0 aliphatic carbocycles. The second kappa shape index (κ2) is 9.23. The second-order valence-corrected chi connectivity index (χ2v) is 11.0. The molecule has 8 nitrogen and oxygen atoms in total. The lowest BCUT2D eigenvalue weighted by molar-refractivity contribution is -0.0413. The van der Waals surface area contributed by atoms with Crippen LogP contribution in [0, 0.1) is 6.92 Å². The summed E-state index contributed by atoms with van der Waals surface area (Å²) in [6.07, 6.45) is -0.630. The first-order valence-electron chi connectivity index (χ1n) is 11.4. The van der Waals surface area contributed by atoms with Crippen LogP contribution in [-0.2, 0) is 15.9 Å². The summed E-state index contributed by atoms with van der Waals surface area (Å²) < 4.78 is 69.6. The van der Waals surface area contributed by atoms with E-state index in [-0.39, 0.29) is 17.5 Å². The molecule has 2 N–H and O–H groups in total. The summed E-state index contributed by atoms with van der Waals surface area (Å²) in [6, 6.07) is 12.4. The summed E-state index contributed by atoms with van der Waals surface area (Å²) in [5.74, 6) is -5.55. The molecule has 5 rings (SSSR count). The topological polar surface area (TPSA) is 114 Å². The number of rotatable bonds is 6. The highest BCUT2D eigenvalue weighted by Gasteiger charge is 2.43. The van der Waals surface area contributed by atoms with Crippen molar-refractivity contribution in [2.75, 3.05) is 6.61 Å². The maximum absolute atomic E-state index is 14.6. The highest BCUT2D eigenvalue weighted by molar-refractivity contribution is 7.89. The molecule has 0 amide bonds. The number of aromatic amines is 1. The van der Waals surface area contributed by atoms with Crippen molar-refractivity contribution in [3.05, 3.63) is 86.7 Å². The van der Waals surface area contributed by atoms with E-state index in [1.165, 1.54) is 0 Å². The maximum atomic E-state index is 14.6. The van der Waals surface area contributed by atoms with Gasteiger partial charge in [-0.2, -0.15) is 4.72 Å². The number of ether oxygens (including phenoxy) is 1. The lowest BCUT2D eigenvalue weighted by atomic mass is 9.88. The quantitative estimate of drug-likeness (QED) is 0.343. The number of aryl methyl sites for hydroxylation is 1. The Labute approximate surface area is 215 Å². The van der Waals surface area contributed by atoms with E-state index in [9.17, 15) is 22.0 Å². The van der Waals surface area contributed by atoms with Crippen molar-refractivity contribution >= 4 is 32.4 Å². The zero-order valence-corrected chi connectivity index (χ0v) is 21.3. The number of nitrogens with one attached hydrogen (secondary N) is 2. The fraction of sp³-hybridized carbons (Fsp3) is 0.280. The van der Waals surface area contributed by atoms with Crippen molar-refractivity contribution in [3.8, 4) is 5.75 Å². The first-order chi connectivity index (χ1) is 17.5. The molecule has 2 unspecified atom stereocenters. The van der Waals surface area contributed by atoms with Gasteiger partial charge < -0.3 is 9.15 Å². The Morgan fingerprint density at radius 1 is 1.16 bits per heavy atom. The molecule has 2 atom stereocenters. The van der Waals surface area contributed by atoms with Crippen molar-refractivity contribution in [1.29, 1.82) is 0 Å². The predicted octanol–water partition coefficient (Wildman–Crippen LogP) is 5.18. The lowest BCUT2D eigenvalue weighted by Crippen LogP contribution is -2.34. The van der Waals surface area contributed by atoms with Crippen LogP contribution < -0.4 is 15.2 Å². The van der Waals surface area contributed by atoms with Crippen LogP contribution in [0.15, 0.2) is 62.6 Å². The molecule has 194 valence electrons. The Hall–Kier alpha value is -3.28. The van der Waals surface area contributed by atoms with Gasteiger partial charge in [-0.05, 0) is 41.0 Å². The van der Waals surface area contributed by atoms with E-state index in [1.807, 2.05) is 43.3 Å². The maximum Gasteiger partial charge on any atom is 0.434 e. The standard InChI is InChI=1S/C25H22ClF2N3O5S/c1-13-5-3-6-15-7-4-8-16(19(13)15)14(2)21(23-29-30-24(32)36-23)31-37(33,34)18-10-9-17(26)20-22(18)35-12-11-25(20,27)28/h3-10,14,21,31H,11-12H2,1-2H3,(H,30,32). The number of H-pyrrole nitrogens is 1. The first kappa shape index (κ1) is 25.4. The Morgan fingerprint density at radius 2 is 1.89 bits per heavy atom. The number of nitrogens with zero attached hydrogens (tertiary/aromatic N) is 1. The van der Waals surface area contributed by atoms with E-state index in [1.54, 1.807) is 6.92 Å². The van der Waals surface area contributed by atoms with Crippen molar-refractivity contribution < 1.29 is 26.4 Å². The molecule has 0 saturated carbocycles. The van der Waals surface area contributed by atoms with Crippen molar-refractivity contribution in [2.24, 2.45) is 0 Å². The number of fused-ring (bicyclic) bond motifs is 2. The molecule has 1 aromatic heterocycles. The molecular weight excluding hydrogens is 528 g/mol. The van der Waals surface area contributed by atoms with E-state index in [0.29, 0.717) is 0 Å². The third-order valence-electron chi connectivity index (χ3n) is 6.53. The van der Waals surface area contributed by atoms with Gasteiger partial charge in [0.25, 0.3) is 5.92 Å². The lowest BCUT2D eigenvalue weighted by Gasteiger charge is -2.29. The first-order valence-corrected chi connectivity index (χ1v) is 13.3. The minimum Gasteiger partial charge on any atom is -0.491 e. The smallest absolute Gasteiger partial charge is 0.434 e. The number of hydrogen-bond donors (Lipinski definition) is 2. The normalized spacial score (nSPS) is 16.7. The number of benzene rings is 3. The summed E-state index contributed by atoms with van der Waals surface area (Å²) in [5.41, 5.74) is 1.06. The molecule has 3 aromatic carbocycles. The van der Waals surface area contributed by atoms with Gasteiger partial charge in [-0.25, -0.2) is 27.1 Å². The van der Waals surface area contributed by atoms with Crippen molar-refractivity contribution in [2.45, 2.75) is 43.0 Å². The number of aromatic nitrogens is 2. The molecule has 0 radical (unpaired) electrons. The van der Waals surface area contributed by atoms with E-state index in [4.69, 9.17) is 20.8 Å². The van der Waals surface area contributed by atoms with Crippen molar-refractivity contribution in [3.63, 3.8) is 0 Å². The van der Waals surface area contributed by atoms with Crippen LogP contribution in [0.5, 0.6) is 5.75 Å². The number of halogens is 3. The van der Waals surface area contributed by atoms with Crippen LogP contribution in [0.25, 0.3) is 10.8 Å². The monoisotopic (exact) mass is 549 g/mol. The number of hydrogen-bond acceptors (Lipinski definition) is 6. The molecule has 0 fully saturated rings. The molecule has 1 aliphatic rings. The van der Waals surface area contributed by atoms with E-state index in [2.05, 4.69) is 14.9 Å². The molecule has 1 aliphatic heterocycles. The minimum absolute atomic E-state index is 0.208. The fourth-order valence-electron chi connectivity index (χ4n) is 4.73. The van der Waals surface area contributed by atoms with Crippen LogP contribution in [0.3, 0.4) is 0 Å². The summed E-state index contributed by atoms with van der Waals surface area (Å²) >= 11 is 6.01. The number of alkyl halides is 2. The zero-order chi connectivity index (χ0) is 26.5. The number of sulfonamides is 1. The van der Waals surface area contributed by atoms with Crippen LogP contribution in [0.2, 0.25) is 5.02 Å². The van der Waals surface area contributed by atoms with Gasteiger partial charge in [-0.3, -0.25) is 0 Å². The van der Waals surface area contributed by atoms with Crippen LogP contribution >= 0.6 is 11.6 Å². The molecule has 0 bridgehead atoms. The molecule has 37 heavy (non-hydrogen) atoms. The minimum atomic E-state index is -4.51. The molecule has 4 aromatic rings. The summed E-state index contributed by atoms with van der Waals surface area (Å²) in [4.78, 5) is 11.3.